The van der Waals surface area contributed by atoms with Crippen molar-refractivity contribution in [2.75, 3.05) is 39.3 Å². The number of benzene rings is 2. The summed E-state index contributed by atoms with van der Waals surface area (Å²) in [6, 6.07) is 15.2. The van der Waals surface area contributed by atoms with Crippen molar-refractivity contribution in [3.05, 3.63) is 70.8 Å². The van der Waals surface area contributed by atoms with Crippen LogP contribution in [0.25, 0.3) is 22.3 Å². The second kappa shape index (κ2) is 13.5. The van der Waals surface area contributed by atoms with Crippen LogP contribution >= 0.6 is 0 Å². The number of piperidine rings is 3. The Morgan fingerprint density at radius 1 is 0.848 bits per heavy atom. The molecule has 3 aliphatic heterocycles. The molecule has 46 heavy (non-hydrogen) atoms. The van der Waals surface area contributed by atoms with Gasteiger partial charge in [0.2, 0.25) is 5.91 Å². The third-order valence-corrected chi connectivity index (χ3v) is 10.1. The maximum absolute atomic E-state index is 14.0. The van der Waals surface area contributed by atoms with Crippen molar-refractivity contribution in [1.29, 1.82) is 0 Å². The van der Waals surface area contributed by atoms with E-state index in [-0.39, 0.29) is 23.7 Å². The first-order valence-electron chi connectivity index (χ1n) is 16.8. The fraction of sp³-hybridized carbons (Fsp3) is 0.500. The van der Waals surface area contributed by atoms with Gasteiger partial charge in [0.05, 0.1) is 11.7 Å². The van der Waals surface area contributed by atoms with E-state index in [4.69, 9.17) is 0 Å². The molecule has 12 heteroatoms. The number of carbonyl (C=O) groups excluding carboxylic acids is 2. The number of rotatable bonds is 7. The lowest BCUT2D eigenvalue weighted by molar-refractivity contribution is -0.134. The van der Waals surface area contributed by atoms with Gasteiger partial charge in [-0.25, -0.2) is 14.7 Å². The van der Waals surface area contributed by atoms with Crippen molar-refractivity contribution < 1.29 is 9.59 Å². The van der Waals surface area contributed by atoms with Crippen molar-refractivity contribution in [2.45, 2.75) is 69.5 Å². The minimum absolute atomic E-state index is 0.0231. The zero-order valence-electron chi connectivity index (χ0n) is 26.2. The van der Waals surface area contributed by atoms with E-state index in [1.54, 1.807) is 15.7 Å². The van der Waals surface area contributed by atoms with Crippen LogP contribution < -0.4 is 11.0 Å². The first-order valence-corrected chi connectivity index (χ1v) is 16.8. The molecular weight excluding hydrogens is 582 g/mol. The molecule has 3 aliphatic rings. The van der Waals surface area contributed by atoms with Crippen molar-refractivity contribution in [1.82, 2.24) is 45.0 Å². The van der Waals surface area contributed by atoms with Crippen LogP contribution in [0, 0.1) is 0 Å². The van der Waals surface area contributed by atoms with Crippen LogP contribution in [0.5, 0.6) is 0 Å². The van der Waals surface area contributed by atoms with E-state index in [1.165, 1.54) is 19.3 Å². The van der Waals surface area contributed by atoms with Crippen molar-refractivity contribution >= 4 is 22.8 Å². The molecule has 0 radical (unpaired) electrons. The molecule has 7 rings (SSSR count). The van der Waals surface area contributed by atoms with E-state index >= 15 is 0 Å². The smallest absolute Gasteiger partial charge is 0.341 e. The molecule has 3 saturated heterocycles. The predicted octanol–water partition coefficient (Wildman–Crippen LogP) is 3.55. The normalized spacial score (nSPS) is 19.4. The number of aromatic amines is 2. The van der Waals surface area contributed by atoms with Gasteiger partial charge in [0.25, 0.3) is 0 Å². The highest BCUT2D eigenvalue weighted by Gasteiger charge is 2.34. The molecule has 4 aromatic rings. The Labute approximate surface area is 268 Å². The first-order chi connectivity index (χ1) is 22.5. The highest BCUT2D eigenvalue weighted by Crippen LogP contribution is 2.27. The van der Waals surface area contributed by atoms with E-state index < -0.39 is 6.04 Å². The summed E-state index contributed by atoms with van der Waals surface area (Å²) in [5.74, 6) is 0.586. The predicted molar refractivity (Wildman–Crippen MR) is 175 cm³/mol. The molecule has 0 aliphatic carbocycles. The molecule has 12 nitrogen and oxygen atoms in total. The quantitative estimate of drug-likeness (QED) is 0.288. The molecule has 0 spiro atoms. The molecule has 1 atom stereocenters. The van der Waals surface area contributed by atoms with Crippen LogP contribution in [0.15, 0.2) is 59.5 Å². The number of H-pyrrole nitrogens is 2. The zero-order chi connectivity index (χ0) is 31.5. The second-order valence-electron chi connectivity index (χ2n) is 13.0. The van der Waals surface area contributed by atoms with Gasteiger partial charge in [-0.2, -0.15) is 10.2 Å². The molecule has 2 aromatic heterocycles. The number of nitrogens with zero attached hydrogens (tertiary/aromatic N) is 6. The fourth-order valence-electron chi connectivity index (χ4n) is 7.51. The highest BCUT2D eigenvalue weighted by atomic mass is 16.2. The number of likely N-dealkylation sites (tertiary alicyclic amines) is 3. The van der Waals surface area contributed by atoms with Crippen LogP contribution in [0.3, 0.4) is 0 Å². The molecule has 242 valence electrons. The fourth-order valence-corrected chi connectivity index (χ4v) is 7.51. The number of aromatic nitrogens is 5. The molecule has 5 heterocycles. The van der Waals surface area contributed by atoms with Gasteiger partial charge < -0.3 is 20.0 Å². The summed E-state index contributed by atoms with van der Waals surface area (Å²) in [4.78, 5) is 46.8. The Morgan fingerprint density at radius 3 is 2.33 bits per heavy atom. The Kier molecular flexibility index (Phi) is 8.87. The zero-order valence-corrected chi connectivity index (χ0v) is 26.2. The van der Waals surface area contributed by atoms with Crippen LogP contribution in [0.2, 0.25) is 0 Å². The lowest BCUT2D eigenvalue weighted by Crippen LogP contribution is -2.56. The molecule has 3 amide bonds. The largest absolute Gasteiger partial charge is 0.343 e. The molecule has 3 N–H and O–H groups in total. The summed E-state index contributed by atoms with van der Waals surface area (Å²) in [6.07, 6.45) is 9.19. The Bertz CT molecular complexity index is 1690. The maximum Gasteiger partial charge on any atom is 0.343 e. The standard InChI is InChI=1S/C34H43N9O3/c44-32(41-17-11-27(12-18-41)40-15-5-2-6-16-40)30(22-24-9-10-29-26(21-24)23-35-37-29)36-33(45)42-19-13-28(14-20-42)43-31(38-39-34(43)46)25-7-3-1-4-8-25/h1,3-4,7-10,21,23,27-28,30H,2,5-6,11-20,22H2,(H,35,37)(H,36,45)(H,39,46). The summed E-state index contributed by atoms with van der Waals surface area (Å²) in [7, 11) is 0. The van der Waals surface area contributed by atoms with Gasteiger partial charge in [-0.1, -0.05) is 42.8 Å². The number of fused-ring (bicyclic) bond motifs is 1. The first kappa shape index (κ1) is 30.2. The summed E-state index contributed by atoms with van der Waals surface area (Å²) in [5, 5.41) is 18.1. The van der Waals surface area contributed by atoms with Gasteiger partial charge in [-0.15, -0.1) is 0 Å². The van der Waals surface area contributed by atoms with Gasteiger partial charge >= 0.3 is 11.7 Å². The van der Waals surface area contributed by atoms with Gasteiger partial charge in [0.15, 0.2) is 5.82 Å². The molecule has 0 bridgehead atoms. The summed E-state index contributed by atoms with van der Waals surface area (Å²) < 4.78 is 1.72. The Balaban J connectivity index is 1.02. The molecule has 2 aromatic carbocycles. The van der Waals surface area contributed by atoms with Crippen molar-refractivity contribution in [2.24, 2.45) is 0 Å². The third kappa shape index (κ3) is 6.44. The average Bonchev–Trinajstić information content (AvgIpc) is 3.74. The summed E-state index contributed by atoms with van der Waals surface area (Å²) in [5.41, 5.74) is 2.54. The number of urea groups is 1. The van der Waals surface area contributed by atoms with E-state index in [0.29, 0.717) is 57.3 Å². The molecular formula is C34H43N9O3. The lowest BCUT2D eigenvalue weighted by Gasteiger charge is -2.41. The highest BCUT2D eigenvalue weighted by molar-refractivity contribution is 5.88. The monoisotopic (exact) mass is 625 g/mol. The second-order valence-corrected chi connectivity index (χ2v) is 13.0. The number of amides is 3. The number of hydrogen-bond donors (Lipinski definition) is 3. The minimum atomic E-state index is -0.678. The van der Waals surface area contributed by atoms with Crippen LogP contribution in [0.1, 0.15) is 56.6 Å². The maximum atomic E-state index is 14.0. The van der Waals surface area contributed by atoms with E-state index in [2.05, 4.69) is 30.6 Å². The van der Waals surface area contributed by atoms with Crippen LogP contribution in [-0.2, 0) is 11.2 Å². The average molecular weight is 626 g/mol. The van der Waals surface area contributed by atoms with Gasteiger partial charge in [0, 0.05) is 55.6 Å². The van der Waals surface area contributed by atoms with Crippen molar-refractivity contribution in [3.8, 4) is 11.4 Å². The van der Waals surface area contributed by atoms with Crippen LogP contribution in [-0.4, -0.2) is 103 Å². The lowest BCUT2D eigenvalue weighted by atomic mass is 9.98. The summed E-state index contributed by atoms with van der Waals surface area (Å²) in [6.45, 7) is 4.70. The van der Waals surface area contributed by atoms with Gasteiger partial charge in [0.1, 0.15) is 6.04 Å². The summed E-state index contributed by atoms with van der Waals surface area (Å²) >= 11 is 0. The molecule has 0 saturated carbocycles. The Morgan fingerprint density at radius 2 is 1.57 bits per heavy atom. The number of hydrogen-bond acceptors (Lipinski definition) is 6. The third-order valence-electron chi connectivity index (χ3n) is 10.1. The van der Waals surface area contributed by atoms with E-state index in [9.17, 15) is 14.4 Å². The molecule has 3 fully saturated rings. The number of carbonyl (C=O) groups is 2. The molecule has 1 unspecified atom stereocenters. The van der Waals surface area contributed by atoms with E-state index in [0.717, 1.165) is 48.0 Å². The SMILES string of the molecule is O=C(NC(Cc1ccc2[nH]ncc2c1)C(=O)N1CCC(N2CCCCC2)CC1)N1CCC(n2c(-c3ccccc3)n[nH]c2=O)CC1. The minimum Gasteiger partial charge on any atom is -0.341 e. The number of nitrogens with one attached hydrogen (secondary N) is 3. The van der Waals surface area contributed by atoms with Crippen molar-refractivity contribution in [3.63, 3.8) is 0 Å². The Hall–Kier alpha value is -4.45. The van der Waals surface area contributed by atoms with E-state index in [1.807, 2.05) is 53.4 Å². The van der Waals surface area contributed by atoms with Crippen LogP contribution in [0.4, 0.5) is 4.79 Å². The van der Waals surface area contributed by atoms with Gasteiger partial charge in [-0.3, -0.25) is 14.5 Å². The van der Waals surface area contributed by atoms with Gasteiger partial charge in [-0.05, 0) is 69.3 Å². The topological polar surface area (TPSA) is 135 Å².